The van der Waals surface area contributed by atoms with Gasteiger partial charge in [0.15, 0.2) is 0 Å². The minimum absolute atomic E-state index is 0.150. The van der Waals surface area contributed by atoms with E-state index in [1.807, 2.05) is 26.0 Å². The van der Waals surface area contributed by atoms with Crippen molar-refractivity contribution in [2.75, 3.05) is 5.32 Å². The maximum atomic E-state index is 12.3. The molecule has 2 N–H and O–H groups in total. The summed E-state index contributed by atoms with van der Waals surface area (Å²) in [6.07, 6.45) is 2.38. The van der Waals surface area contributed by atoms with Crippen LogP contribution < -0.4 is 10.1 Å². The summed E-state index contributed by atoms with van der Waals surface area (Å²) < 4.78 is 5.90. The molecule has 2 heterocycles. The molecule has 0 unspecified atom stereocenters. The number of fused-ring (bicyclic) bond motifs is 1. The van der Waals surface area contributed by atoms with Crippen molar-refractivity contribution < 1.29 is 9.53 Å². The van der Waals surface area contributed by atoms with Crippen LogP contribution in [0.5, 0.6) is 5.75 Å². The topological polar surface area (TPSA) is 67.0 Å². The molecule has 0 fully saturated rings. The van der Waals surface area contributed by atoms with Crippen molar-refractivity contribution in [3.63, 3.8) is 0 Å². The Kier molecular flexibility index (Phi) is 3.01. The molecule has 5 heteroatoms. The van der Waals surface area contributed by atoms with E-state index in [4.69, 9.17) is 4.74 Å². The molecule has 0 saturated carbocycles. The molecule has 1 aliphatic rings. The molecule has 1 aromatic heterocycles. The Morgan fingerprint density at radius 3 is 2.81 bits per heavy atom. The Morgan fingerprint density at radius 2 is 2.14 bits per heavy atom. The lowest BCUT2D eigenvalue weighted by Crippen LogP contribution is -2.24. The van der Waals surface area contributed by atoms with Crippen LogP contribution >= 0.6 is 0 Å². The normalized spacial score (nSPS) is 15.4. The maximum Gasteiger partial charge on any atom is 0.259 e. The predicted molar refractivity (Wildman–Crippen MR) is 80.9 cm³/mol. The SMILES string of the molecule is Cc1cc2c(cc1NC(=O)c1cn[nH]c1C)CC(C)(C)O2. The van der Waals surface area contributed by atoms with E-state index < -0.39 is 0 Å². The third-order valence-electron chi connectivity index (χ3n) is 3.73. The molecule has 0 atom stereocenters. The Hall–Kier alpha value is -2.30. The van der Waals surface area contributed by atoms with Gasteiger partial charge in [-0.15, -0.1) is 0 Å². The van der Waals surface area contributed by atoms with Crippen LogP contribution in [0.3, 0.4) is 0 Å². The highest BCUT2D eigenvalue weighted by atomic mass is 16.5. The van der Waals surface area contributed by atoms with Crippen molar-refractivity contribution in [2.24, 2.45) is 0 Å². The average molecular weight is 285 g/mol. The van der Waals surface area contributed by atoms with Crippen molar-refractivity contribution in [3.05, 3.63) is 40.7 Å². The first-order valence-corrected chi connectivity index (χ1v) is 6.99. The molecule has 0 bridgehead atoms. The lowest BCUT2D eigenvalue weighted by Gasteiger charge is -2.16. The zero-order chi connectivity index (χ0) is 15.2. The van der Waals surface area contributed by atoms with Gasteiger partial charge in [-0.3, -0.25) is 9.89 Å². The minimum Gasteiger partial charge on any atom is -0.487 e. The molecular formula is C16H19N3O2. The second kappa shape index (κ2) is 4.62. The summed E-state index contributed by atoms with van der Waals surface area (Å²) in [5.41, 5.74) is 4.08. The molecular weight excluding hydrogens is 266 g/mol. The first-order chi connectivity index (χ1) is 9.85. The Bertz CT molecular complexity index is 716. The van der Waals surface area contributed by atoms with Crippen LogP contribution in [0.1, 0.15) is 41.0 Å². The molecule has 5 nitrogen and oxygen atoms in total. The second-order valence-electron chi connectivity index (χ2n) is 6.18. The Balaban J connectivity index is 1.88. The first-order valence-electron chi connectivity index (χ1n) is 6.99. The van der Waals surface area contributed by atoms with E-state index in [-0.39, 0.29) is 11.5 Å². The lowest BCUT2D eigenvalue weighted by molar-refractivity contribution is 0.102. The summed E-state index contributed by atoms with van der Waals surface area (Å²) in [7, 11) is 0. The molecule has 1 aliphatic heterocycles. The quantitative estimate of drug-likeness (QED) is 0.891. The number of aryl methyl sites for hydroxylation is 2. The molecule has 21 heavy (non-hydrogen) atoms. The van der Waals surface area contributed by atoms with Crippen molar-refractivity contribution in [3.8, 4) is 5.75 Å². The van der Waals surface area contributed by atoms with Gasteiger partial charge < -0.3 is 10.1 Å². The van der Waals surface area contributed by atoms with E-state index in [0.717, 1.165) is 34.7 Å². The predicted octanol–water partition coefficient (Wildman–Crippen LogP) is 2.99. The second-order valence-corrected chi connectivity index (χ2v) is 6.18. The number of nitrogens with one attached hydrogen (secondary N) is 2. The van der Waals surface area contributed by atoms with Crippen LogP contribution in [-0.2, 0) is 6.42 Å². The van der Waals surface area contributed by atoms with Crippen molar-refractivity contribution >= 4 is 11.6 Å². The number of nitrogens with zero attached hydrogens (tertiary/aromatic N) is 1. The number of aromatic amines is 1. The molecule has 0 aliphatic carbocycles. The number of rotatable bonds is 2. The number of amides is 1. The fourth-order valence-electron chi connectivity index (χ4n) is 2.66. The highest BCUT2D eigenvalue weighted by molar-refractivity contribution is 6.05. The van der Waals surface area contributed by atoms with Crippen LogP contribution in [0.2, 0.25) is 0 Å². The summed E-state index contributed by atoms with van der Waals surface area (Å²) >= 11 is 0. The molecule has 0 radical (unpaired) electrons. The van der Waals surface area contributed by atoms with E-state index in [9.17, 15) is 4.79 Å². The number of H-pyrrole nitrogens is 1. The molecule has 1 aromatic carbocycles. The van der Waals surface area contributed by atoms with Crippen LogP contribution in [0.15, 0.2) is 18.3 Å². The van der Waals surface area contributed by atoms with E-state index in [1.165, 1.54) is 0 Å². The van der Waals surface area contributed by atoms with Crippen LogP contribution in [-0.4, -0.2) is 21.7 Å². The number of anilines is 1. The van der Waals surface area contributed by atoms with Gasteiger partial charge in [-0.05, 0) is 45.4 Å². The van der Waals surface area contributed by atoms with Crippen LogP contribution in [0.25, 0.3) is 0 Å². The van der Waals surface area contributed by atoms with Crippen LogP contribution in [0.4, 0.5) is 5.69 Å². The highest BCUT2D eigenvalue weighted by Crippen LogP contribution is 2.38. The summed E-state index contributed by atoms with van der Waals surface area (Å²) in [5.74, 6) is 0.762. The molecule has 1 amide bonds. The number of carbonyl (C=O) groups excluding carboxylic acids is 1. The lowest BCUT2D eigenvalue weighted by atomic mass is 10.00. The fraction of sp³-hybridized carbons (Fsp3) is 0.375. The number of hydrogen-bond acceptors (Lipinski definition) is 3. The number of hydrogen-bond donors (Lipinski definition) is 2. The molecule has 2 aromatic rings. The standard InChI is InChI=1S/C16H19N3O2/c1-9-5-14-11(7-16(3,4)21-14)6-13(9)18-15(20)12-8-17-19-10(12)2/h5-6,8H,7H2,1-4H3,(H,17,19)(H,18,20). The van der Waals surface area contributed by atoms with Gasteiger partial charge in [0, 0.05) is 23.4 Å². The number of benzene rings is 1. The fourth-order valence-corrected chi connectivity index (χ4v) is 2.66. The number of carbonyl (C=O) groups is 1. The van der Waals surface area contributed by atoms with Crippen molar-refractivity contribution in [1.29, 1.82) is 0 Å². The first kappa shape index (κ1) is 13.7. The molecule has 3 rings (SSSR count). The zero-order valence-corrected chi connectivity index (χ0v) is 12.7. The van der Waals surface area contributed by atoms with Crippen molar-refractivity contribution in [2.45, 2.75) is 39.7 Å². The smallest absolute Gasteiger partial charge is 0.259 e. The highest BCUT2D eigenvalue weighted by Gasteiger charge is 2.30. The number of ether oxygens (including phenoxy) is 1. The summed E-state index contributed by atoms with van der Waals surface area (Å²) in [4.78, 5) is 12.3. The monoisotopic (exact) mass is 285 g/mol. The average Bonchev–Trinajstić information content (AvgIpc) is 2.91. The van der Waals surface area contributed by atoms with Crippen molar-refractivity contribution in [1.82, 2.24) is 10.2 Å². The van der Waals surface area contributed by atoms with Gasteiger partial charge in [-0.25, -0.2) is 0 Å². The minimum atomic E-state index is -0.182. The maximum absolute atomic E-state index is 12.3. The third-order valence-corrected chi connectivity index (χ3v) is 3.73. The zero-order valence-electron chi connectivity index (χ0n) is 12.7. The van der Waals surface area contributed by atoms with E-state index in [1.54, 1.807) is 6.20 Å². The van der Waals surface area contributed by atoms with E-state index in [0.29, 0.717) is 5.56 Å². The summed E-state index contributed by atoms with van der Waals surface area (Å²) in [6.45, 7) is 7.92. The van der Waals surface area contributed by atoms with Gasteiger partial charge in [0.1, 0.15) is 11.4 Å². The Labute approximate surface area is 123 Å². The Morgan fingerprint density at radius 1 is 1.38 bits per heavy atom. The molecule has 0 saturated heterocycles. The van der Waals surface area contributed by atoms with E-state index in [2.05, 4.69) is 29.4 Å². The summed E-state index contributed by atoms with van der Waals surface area (Å²) in [6, 6.07) is 3.99. The van der Waals surface area contributed by atoms with Gasteiger partial charge in [0.05, 0.1) is 11.8 Å². The van der Waals surface area contributed by atoms with Gasteiger partial charge >= 0.3 is 0 Å². The van der Waals surface area contributed by atoms with Gasteiger partial charge in [0.2, 0.25) is 0 Å². The number of aromatic nitrogens is 2. The van der Waals surface area contributed by atoms with Gasteiger partial charge in [-0.1, -0.05) is 0 Å². The molecule has 110 valence electrons. The third kappa shape index (κ3) is 2.51. The largest absolute Gasteiger partial charge is 0.487 e. The van der Waals surface area contributed by atoms with Crippen LogP contribution in [0, 0.1) is 13.8 Å². The van der Waals surface area contributed by atoms with Gasteiger partial charge in [-0.2, -0.15) is 5.10 Å². The molecule has 0 spiro atoms. The summed E-state index contributed by atoms with van der Waals surface area (Å²) in [5, 5.41) is 9.61. The van der Waals surface area contributed by atoms with Gasteiger partial charge in [0.25, 0.3) is 5.91 Å². The van der Waals surface area contributed by atoms with E-state index >= 15 is 0 Å².